The van der Waals surface area contributed by atoms with Gasteiger partial charge in [0.1, 0.15) is 7.85 Å². The van der Waals surface area contributed by atoms with Crippen LogP contribution in [0.2, 0.25) is 0 Å². The number of ketones is 1. The van der Waals surface area contributed by atoms with E-state index in [-0.39, 0.29) is 5.78 Å². The summed E-state index contributed by atoms with van der Waals surface area (Å²) < 4.78 is 1.02. The fraction of sp³-hybridized carbons (Fsp3) is 0.312. The molecule has 1 aromatic rings. The van der Waals surface area contributed by atoms with Crippen molar-refractivity contribution in [3.8, 4) is 0 Å². The molecule has 0 aliphatic carbocycles. The first-order valence-electron chi connectivity index (χ1n) is 6.53. The molecule has 19 heavy (non-hydrogen) atoms. The number of benzene rings is 1. The number of hydrogen-bond donors (Lipinski definition) is 0. The normalized spacial score (nSPS) is 13.7. The quantitative estimate of drug-likeness (QED) is 0.354. The van der Waals surface area contributed by atoms with Gasteiger partial charge in [0.25, 0.3) is 0 Å². The van der Waals surface area contributed by atoms with Crippen LogP contribution in [0.3, 0.4) is 0 Å². The fourth-order valence-corrected chi connectivity index (χ4v) is 2.12. The summed E-state index contributed by atoms with van der Waals surface area (Å²) in [5.41, 5.74) is 4.97. The minimum atomic E-state index is 0.0957. The Balaban J connectivity index is 3.12. The molecule has 0 heterocycles. The second-order valence-corrected chi connectivity index (χ2v) is 5.74. The van der Waals surface area contributed by atoms with Crippen molar-refractivity contribution in [2.45, 2.75) is 34.1 Å². The lowest BCUT2D eigenvalue weighted by atomic mass is 9.92. The predicted molar refractivity (Wildman–Crippen MR) is 88.7 cm³/mol. The van der Waals surface area contributed by atoms with E-state index in [1.54, 1.807) is 0 Å². The van der Waals surface area contributed by atoms with Crippen LogP contribution in [0.15, 0.2) is 45.4 Å². The summed E-state index contributed by atoms with van der Waals surface area (Å²) in [6.07, 6.45) is 0.992. The van der Waals surface area contributed by atoms with E-state index in [0.29, 0.717) is 0 Å². The van der Waals surface area contributed by atoms with Crippen LogP contribution in [0.25, 0.3) is 0 Å². The first-order valence-corrected chi connectivity index (χ1v) is 7.32. The lowest BCUT2D eigenvalue weighted by molar-refractivity contribution is 0.103. The molecule has 0 unspecified atom stereocenters. The summed E-state index contributed by atoms with van der Waals surface area (Å²) in [4.78, 5) is 12.4. The van der Waals surface area contributed by atoms with Gasteiger partial charge in [-0.1, -0.05) is 59.5 Å². The molecule has 0 bridgehead atoms. The Morgan fingerprint density at radius 3 is 2.05 bits per heavy atom. The van der Waals surface area contributed by atoms with E-state index < -0.39 is 0 Å². The Labute approximate surface area is 125 Å². The van der Waals surface area contributed by atoms with Crippen molar-refractivity contribution in [2.24, 2.45) is 0 Å². The number of carbonyl (C=O) groups excluding carboxylic acids is 1. The third kappa shape index (κ3) is 3.94. The zero-order valence-electron chi connectivity index (χ0n) is 12.3. The summed E-state index contributed by atoms with van der Waals surface area (Å²) in [5.74, 6) is 0.0957. The number of hydrogen-bond acceptors (Lipinski definition) is 1. The third-order valence-corrected chi connectivity index (χ3v) is 4.68. The highest BCUT2D eigenvalue weighted by atomic mass is 79.9. The maximum absolute atomic E-state index is 12.4. The van der Waals surface area contributed by atoms with Crippen LogP contribution in [-0.4, -0.2) is 13.6 Å². The molecular weight excluding hydrogens is 299 g/mol. The van der Waals surface area contributed by atoms with Gasteiger partial charge in [-0.15, -0.1) is 0 Å². The number of allylic oxidation sites excluding steroid dienone is 4. The molecule has 0 amide bonds. The molecule has 3 heteroatoms. The largest absolute Gasteiger partial charge is 0.289 e. The second-order valence-electron chi connectivity index (χ2n) is 4.94. The number of aryl methyl sites for hydroxylation is 1. The second kappa shape index (κ2) is 6.90. The van der Waals surface area contributed by atoms with E-state index in [1.807, 2.05) is 52.9 Å². The van der Waals surface area contributed by atoms with E-state index in [9.17, 15) is 4.79 Å². The lowest BCUT2D eigenvalue weighted by Gasteiger charge is -2.09. The van der Waals surface area contributed by atoms with Crippen molar-refractivity contribution in [3.05, 3.63) is 56.5 Å². The van der Waals surface area contributed by atoms with E-state index in [4.69, 9.17) is 0 Å². The number of Topliss-reactive ketones (excluding diaryl/α,β-unsaturated/α-hetero) is 1. The number of halogens is 1. The van der Waals surface area contributed by atoms with Gasteiger partial charge in [0.05, 0.1) is 0 Å². The highest BCUT2D eigenvalue weighted by Gasteiger charge is 2.12. The van der Waals surface area contributed by atoms with Crippen molar-refractivity contribution >= 4 is 29.6 Å². The van der Waals surface area contributed by atoms with Crippen LogP contribution in [0.4, 0.5) is 0 Å². The average molecular weight is 319 g/mol. The first kappa shape index (κ1) is 16.0. The minimum absolute atomic E-state index is 0.0957. The van der Waals surface area contributed by atoms with Gasteiger partial charge in [0.2, 0.25) is 0 Å². The summed E-state index contributed by atoms with van der Waals surface area (Å²) in [7, 11) is 2.03. The molecule has 0 fully saturated rings. The molecule has 0 saturated heterocycles. The third-order valence-electron chi connectivity index (χ3n) is 3.30. The molecule has 1 nitrogen and oxygen atoms in total. The Bertz CT molecular complexity index is 534. The van der Waals surface area contributed by atoms with Crippen LogP contribution in [0, 0.1) is 0 Å². The van der Waals surface area contributed by atoms with Crippen molar-refractivity contribution in [1.29, 1.82) is 0 Å². The molecule has 0 N–H and O–H groups in total. The van der Waals surface area contributed by atoms with Gasteiger partial charge >= 0.3 is 0 Å². The van der Waals surface area contributed by atoms with Gasteiger partial charge in [0.15, 0.2) is 5.78 Å². The molecule has 0 saturated carbocycles. The predicted octanol–water partition coefficient (Wildman–Crippen LogP) is 4.03. The van der Waals surface area contributed by atoms with Crippen LogP contribution < -0.4 is 0 Å². The molecule has 0 radical (unpaired) electrons. The van der Waals surface area contributed by atoms with Gasteiger partial charge in [-0.05, 0) is 31.4 Å². The molecule has 1 rings (SSSR count). The Morgan fingerprint density at radius 2 is 1.63 bits per heavy atom. The summed E-state index contributed by atoms with van der Waals surface area (Å²) in [5, 5.41) is 0. The van der Waals surface area contributed by atoms with Gasteiger partial charge in [-0.2, -0.15) is 0 Å². The zero-order chi connectivity index (χ0) is 14.6. The van der Waals surface area contributed by atoms with Gasteiger partial charge in [-0.25, -0.2) is 0 Å². The molecule has 1 aromatic carbocycles. The minimum Gasteiger partial charge on any atom is -0.289 e. The van der Waals surface area contributed by atoms with Gasteiger partial charge < -0.3 is 0 Å². The number of carbonyl (C=O) groups is 1. The van der Waals surface area contributed by atoms with Crippen LogP contribution in [-0.2, 0) is 6.42 Å². The molecule has 0 aliphatic rings. The average Bonchev–Trinajstić information content (AvgIpc) is 2.44. The topological polar surface area (TPSA) is 17.1 Å². The monoisotopic (exact) mass is 318 g/mol. The Morgan fingerprint density at radius 1 is 1.11 bits per heavy atom. The maximum Gasteiger partial charge on any atom is 0.189 e. The highest BCUT2D eigenvalue weighted by molar-refractivity contribution is 9.12. The standard InChI is InChI=1S/C16H20BBrO/c1-5-13-6-8-14(9-7-13)16(19)11(3)10(2)15(18)12(4)17/h6-9H,5,17H2,1-4H3/b11-10+,15-12-. The fourth-order valence-electron chi connectivity index (χ4n) is 1.82. The summed E-state index contributed by atoms with van der Waals surface area (Å²) in [6.45, 7) is 8.00. The van der Waals surface area contributed by atoms with Crippen LogP contribution in [0.1, 0.15) is 43.6 Å². The Hall–Kier alpha value is -1.09. The summed E-state index contributed by atoms with van der Waals surface area (Å²) >= 11 is 3.54. The smallest absolute Gasteiger partial charge is 0.189 e. The van der Waals surface area contributed by atoms with E-state index in [2.05, 4.69) is 22.9 Å². The molecule has 0 atom stereocenters. The molecule has 0 spiro atoms. The SMILES string of the molecule is B/C(C)=C(Br)/C(C)=C(\C)C(=O)c1ccc(CC)cc1. The van der Waals surface area contributed by atoms with E-state index in [1.165, 1.54) is 11.0 Å². The number of rotatable bonds is 4. The van der Waals surface area contributed by atoms with Crippen molar-refractivity contribution in [2.75, 3.05) is 0 Å². The van der Waals surface area contributed by atoms with E-state index in [0.717, 1.165) is 27.6 Å². The van der Waals surface area contributed by atoms with E-state index >= 15 is 0 Å². The Kier molecular flexibility index (Phi) is 5.80. The van der Waals surface area contributed by atoms with Crippen molar-refractivity contribution in [1.82, 2.24) is 0 Å². The van der Waals surface area contributed by atoms with Gasteiger partial charge in [0, 0.05) is 15.6 Å². The lowest BCUT2D eigenvalue weighted by Crippen LogP contribution is -2.04. The van der Waals surface area contributed by atoms with Gasteiger partial charge in [-0.3, -0.25) is 4.79 Å². The molecule has 100 valence electrons. The van der Waals surface area contributed by atoms with Crippen molar-refractivity contribution < 1.29 is 4.79 Å². The highest BCUT2D eigenvalue weighted by Crippen LogP contribution is 2.24. The molecular formula is C16H20BBrO. The van der Waals surface area contributed by atoms with Crippen molar-refractivity contribution in [3.63, 3.8) is 0 Å². The first-order chi connectivity index (χ1) is 8.88. The molecule has 0 aliphatic heterocycles. The van der Waals surface area contributed by atoms with Crippen LogP contribution in [0.5, 0.6) is 0 Å². The zero-order valence-corrected chi connectivity index (χ0v) is 13.9. The summed E-state index contributed by atoms with van der Waals surface area (Å²) in [6, 6.07) is 7.86. The molecule has 0 aromatic heterocycles. The van der Waals surface area contributed by atoms with Crippen LogP contribution >= 0.6 is 15.9 Å². The maximum atomic E-state index is 12.4.